The SMILES string of the molecule is Cc1cccc(C(=O)N[C@@H](C)C(=O)OCC(=O)NC2CC2)c1. The van der Waals surface area contributed by atoms with Gasteiger partial charge < -0.3 is 15.4 Å². The van der Waals surface area contributed by atoms with Crippen LogP contribution in [0.15, 0.2) is 24.3 Å². The van der Waals surface area contributed by atoms with Gasteiger partial charge >= 0.3 is 5.97 Å². The Kier molecular flexibility index (Phi) is 5.14. The molecule has 6 heteroatoms. The predicted octanol–water partition coefficient (Wildman–Crippen LogP) is 0.935. The van der Waals surface area contributed by atoms with Crippen molar-refractivity contribution in [2.75, 3.05) is 6.61 Å². The minimum Gasteiger partial charge on any atom is -0.454 e. The van der Waals surface area contributed by atoms with Gasteiger partial charge in [-0.05, 0) is 38.8 Å². The Labute approximate surface area is 129 Å². The standard InChI is InChI=1S/C16H20N2O4/c1-10-4-3-5-12(8-10)15(20)17-11(2)16(21)22-9-14(19)18-13-6-7-13/h3-5,8,11,13H,6-7,9H2,1-2H3,(H,17,20)(H,18,19)/t11-/m0/s1. The Hall–Kier alpha value is -2.37. The molecule has 0 unspecified atom stereocenters. The lowest BCUT2D eigenvalue weighted by Crippen LogP contribution is -2.41. The Morgan fingerprint density at radius 1 is 1.32 bits per heavy atom. The highest BCUT2D eigenvalue weighted by Gasteiger charge is 2.24. The fourth-order valence-corrected chi connectivity index (χ4v) is 1.88. The molecule has 0 aromatic heterocycles. The normalized spacial score (nSPS) is 14.8. The molecule has 22 heavy (non-hydrogen) atoms. The zero-order valence-electron chi connectivity index (χ0n) is 12.7. The van der Waals surface area contributed by atoms with E-state index in [-0.39, 0.29) is 24.5 Å². The second kappa shape index (κ2) is 7.06. The van der Waals surface area contributed by atoms with Crippen molar-refractivity contribution >= 4 is 17.8 Å². The maximum absolute atomic E-state index is 12.0. The van der Waals surface area contributed by atoms with Crippen LogP contribution < -0.4 is 10.6 Å². The van der Waals surface area contributed by atoms with Crippen LogP contribution in [0.4, 0.5) is 0 Å². The van der Waals surface area contributed by atoms with Crippen LogP contribution >= 0.6 is 0 Å². The molecule has 0 saturated heterocycles. The third kappa shape index (κ3) is 4.87. The van der Waals surface area contributed by atoms with Gasteiger partial charge in [0.25, 0.3) is 11.8 Å². The van der Waals surface area contributed by atoms with Crippen molar-refractivity contribution in [2.45, 2.75) is 38.8 Å². The van der Waals surface area contributed by atoms with Crippen LogP contribution in [-0.4, -0.2) is 36.5 Å². The van der Waals surface area contributed by atoms with Crippen molar-refractivity contribution in [3.05, 3.63) is 35.4 Å². The zero-order chi connectivity index (χ0) is 16.1. The quantitative estimate of drug-likeness (QED) is 0.766. The maximum atomic E-state index is 12.0. The summed E-state index contributed by atoms with van der Waals surface area (Å²) in [6.07, 6.45) is 1.95. The number of carbonyl (C=O) groups excluding carboxylic acids is 3. The van der Waals surface area contributed by atoms with Gasteiger partial charge in [-0.2, -0.15) is 0 Å². The van der Waals surface area contributed by atoms with E-state index in [1.807, 2.05) is 13.0 Å². The molecular weight excluding hydrogens is 284 g/mol. The van der Waals surface area contributed by atoms with Gasteiger partial charge in [0, 0.05) is 11.6 Å². The lowest BCUT2D eigenvalue weighted by Gasteiger charge is -2.13. The molecule has 1 aromatic rings. The van der Waals surface area contributed by atoms with Crippen molar-refractivity contribution in [1.29, 1.82) is 0 Å². The number of hydrogen-bond acceptors (Lipinski definition) is 4. The first-order valence-corrected chi connectivity index (χ1v) is 7.29. The van der Waals surface area contributed by atoms with Crippen LogP contribution in [0.2, 0.25) is 0 Å². The van der Waals surface area contributed by atoms with Gasteiger partial charge in [0.1, 0.15) is 6.04 Å². The fraction of sp³-hybridized carbons (Fsp3) is 0.438. The highest BCUT2D eigenvalue weighted by molar-refractivity contribution is 5.97. The highest BCUT2D eigenvalue weighted by Crippen LogP contribution is 2.18. The van der Waals surface area contributed by atoms with Gasteiger partial charge in [-0.25, -0.2) is 4.79 Å². The Balaban J connectivity index is 1.77. The average molecular weight is 304 g/mol. The second-order valence-electron chi connectivity index (χ2n) is 5.51. The summed E-state index contributed by atoms with van der Waals surface area (Å²) in [6, 6.07) is 6.47. The molecule has 0 spiro atoms. The molecule has 0 heterocycles. The Morgan fingerprint density at radius 3 is 2.68 bits per heavy atom. The first kappa shape index (κ1) is 16.0. The van der Waals surface area contributed by atoms with Gasteiger partial charge in [0.15, 0.2) is 6.61 Å². The van der Waals surface area contributed by atoms with E-state index < -0.39 is 12.0 Å². The number of rotatable bonds is 6. The molecule has 1 aromatic carbocycles. The Morgan fingerprint density at radius 2 is 2.05 bits per heavy atom. The maximum Gasteiger partial charge on any atom is 0.328 e. The van der Waals surface area contributed by atoms with Crippen LogP contribution in [0.5, 0.6) is 0 Å². The molecule has 2 rings (SSSR count). The average Bonchev–Trinajstić information content (AvgIpc) is 3.28. The number of nitrogens with one attached hydrogen (secondary N) is 2. The number of benzene rings is 1. The van der Waals surface area contributed by atoms with Crippen LogP contribution in [0.3, 0.4) is 0 Å². The van der Waals surface area contributed by atoms with E-state index >= 15 is 0 Å². The van der Waals surface area contributed by atoms with Gasteiger partial charge in [-0.1, -0.05) is 17.7 Å². The smallest absolute Gasteiger partial charge is 0.328 e. The fourth-order valence-electron chi connectivity index (χ4n) is 1.88. The summed E-state index contributed by atoms with van der Waals surface area (Å²) in [5.74, 6) is -1.30. The highest BCUT2D eigenvalue weighted by atomic mass is 16.5. The van der Waals surface area contributed by atoms with Crippen molar-refractivity contribution in [1.82, 2.24) is 10.6 Å². The van der Waals surface area contributed by atoms with Crippen molar-refractivity contribution < 1.29 is 19.1 Å². The summed E-state index contributed by atoms with van der Waals surface area (Å²) in [4.78, 5) is 35.2. The number of aryl methyl sites for hydroxylation is 1. The molecule has 2 N–H and O–H groups in total. The first-order valence-electron chi connectivity index (χ1n) is 7.29. The van der Waals surface area contributed by atoms with E-state index in [4.69, 9.17) is 4.74 Å². The summed E-state index contributed by atoms with van der Waals surface area (Å²) in [6.45, 7) is 3.09. The summed E-state index contributed by atoms with van der Waals surface area (Å²) < 4.78 is 4.89. The lowest BCUT2D eigenvalue weighted by molar-refractivity contribution is -0.150. The molecule has 118 valence electrons. The van der Waals surface area contributed by atoms with Crippen LogP contribution in [0.25, 0.3) is 0 Å². The third-order valence-corrected chi connectivity index (χ3v) is 3.27. The molecular formula is C16H20N2O4. The van der Waals surface area contributed by atoms with Gasteiger partial charge in [-0.3, -0.25) is 9.59 Å². The second-order valence-corrected chi connectivity index (χ2v) is 5.51. The van der Waals surface area contributed by atoms with Crippen molar-refractivity contribution in [3.8, 4) is 0 Å². The monoisotopic (exact) mass is 304 g/mol. The van der Waals surface area contributed by atoms with E-state index in [1.165, 1.54) is 6.92 Å². The molecule has 0 radical (unpaired) electrons. The Bertz CT molecular complexity index is 581. The summed E-state index contributed by atoms with van der Waals surface area (Å²) in [7, 11) is 0. The van der Waals surface area contributed by atoms with Crippen molar-refractivity contribution in [3.63, 3.8) is 0 Å². The van der Waals surface area contributed by atoms with Crippen LogP contribution in [0, 0.1) is 6.92 Å². The minimum absolute atomic E-state index is 0.227. The van der Waals surface area contributed by atoms with Crippen LogP contribution in [0.1, 0.15) is 35.7 Å². The lowest BCUT2D eigenvalue weighted by atomic mass is 10.1. The number of carbonyl (C=O) groups is 3. The summed E-state index contributed by atoms with van der Waals surface area (Å²) in [5, 5.41) is 5.27. The van der Waals surface area contributed by atoms with Gasteiger partial charge in [-0.15, -0.1) is 0 Å². The topological polar surface area (TPSA) is 84.5 Å². The van der Waals surface area contributed by atoms with Crippen LogP contribution in [-0.2, 0) is 14.3 Å². The van der Waals surface area contributed by atoms with E-state index in [0.29, 0.717) is 5.56 Å². The molecule has 6 nitrogen and oxygen atoms in total. The van der Waals surface area contributed by atoms with E-state index in [0.717, 1.165) is 18.4 Å². The summed E-state index contributed by atoms with van der Waals surface area (Å²) >= 11 is 0. The van der Waals surface area contributed by atoms with E-state index in [9.17, 15) is 14.4 Å². The predicted molar refractivity (Wildman–Crippen MR) is 80.2 cm³/mol. The molecule has 1 saturated carbocycles. The van der Waals surface area contributed by atoms with E-state index in [2.05, 4.69) is 10.6 Å². The minimum atomic E-state index is -0.818. The first-order chi connectivity index (χ1) is 10.5. The number of ether oxygens (including phenoxy) is 1. The number of esters is 1. The molecule has 1 aliphatic carbocycles. The number of amides is 2. The molecule has 2 amide bonds. The van der Waals surface area contributed by atoms with Gasteiger partial charge in [0.05, 0.1) is 0 Å². The zero-order valence-corrected chi connectivity index (χ0v) is 12.7. The third-order valence-electron chi connectivity index (χ3n) is 3.27. The number of hydrogen-bond donors (Lipinski definition) is 2. The molecule has 1 aliphatic rings. The molecule has 1 fully saturated rings. The molecule has 1 atom stereocenters. The van der Waals surface area contributed by atoms with Gasteiger partial charge in [0.2, 0.25) is 0 Å². The molecule has 0 aliphatic heterocycles. The van der Waals surface area contributed by atoms with E-state index in [1.54, 1.807) is 18.2 Å². The molecule has 0 bridgehead atoms. The summed E-state index contributed by atoms with van der Waals surface area (Å²) in [5.41, 5.74) is 1.44. The van der Waals surface area contributed by atoms with Crippen molar-refractivity contribution in [2.24, 2.45) is 0 Å². The largest absolute Gasteiger partial charge is 0.454 e.